The number of hydrogen-bond donors (Lipinski definition) is 0. The topological polar surface area (TPSA) is 69.9 Å². The summed E-state index contributed by atoms with van der Waals surface area (Å²) in [4.78, 5) is 15.5. The van der Waals surface area contributed by atoms with Gasteiger partial charge in [-0.25, -0.2) is 15.0 Å². The van der Waals surface area contributed by atoms with Crippen molar-refractivity contribution in [2.24, 2.45) is 0 Å². The van der Waals surface area contributed by atoms with Gasteiger partial charge in [0, 0.05) is 54.7 Å². The van der Waals surface area contributed by atoms with Crippen LogP contribution in [0.3, 0.4) is 0 Å². The average molecular weight is 731 g/mol. The summed E-state index contributed by atoms with van der Waals surface area (Å²) in [5.41, 5.74) is 11.4. The molecule has 6 heteroatoms. The molecule has 0 atom stereocenters. The smallest absolute Gasteiger partial charge is 0.164 e. The molecule has 0 unspecified atom stereocenters. The van der Waals surface area contributed by atoms with Gasteiger partial charge in [0.05, 0.1) is 11.0 Å². The average Bonchev–Trinajstić information content (AvgIpc) is 3.96. The van der Waals surface area contributed by atoms with E-state index in [-0.39, 0.29) is 0 Å². The standard InChI is InChI=1S/C51H30N4O2/c1-3-12-31(13-4-1)32-22-24-33(25-23-32)49-52-50(54-51(53-49)40-18-11-21-45-46(40)39-17-8-10-20-43(39)56-45)34-26-29-44-41(30-34)38-28-27-37-36-16-7-9-19-42(36)55(47(37)48(38)57-44)35-14-5-2-6-15-35/h1-30H. The first-order valence-electron chi connectivity index (χ1n) is 19.0. The van der Waals surface area contributed by atoms with Gasteiger partial charge in [0.2, 0.25) is 0 Å². The Morgan fingerprint density at radius 1 is 0.368 bits per heavy atom. The summed E-state index contributed by atoms with van der Waals surface area (Å²) in [5.74, 6) is 1.74. The Balaban J connectivity index is 1.07. The minimum Gasteiger partial charge on any atom is -0.456 e. The number of para-hydroxylation sites is 3. The predicted molar refractivity (Wildman–Crippen MR) is 230 cm³/mol. The van der Waals surface area contributed by atoms with E-state index in [4.69, 9.17) is 23.8 Å². The monoisotopic (exact) mass is 730 g/mol. The highest BCUT2D eigenvalue weighted by Crippen LogP contribution is 2.42. The van der Waals surface area contributed by atoms with Crippen LogP contribution in [0.1, 0.15) is 0 Å². The molecule has 0 radical (unpaired) electrons. The Morgan fingerprint density at radius 2 is 0.982 bits per heavy atom. The first-order chi connectivity index (χ1) is 28.2. The molecule has 6 nitrogen and oxygen atoms in total. The fourth-order valence-electron chi connectivity index (χ4n) is 8.42. The third-order valence-corrected chi connectivity index (χ3v) is 11.1. The quantitative estimate of drug-likeness (QED) is 0.176. The Kier molecular flexibility index (Phi) is 6.83. The number of aromatic nitrogens is 4. The molecule has 0 aliphatic carbocycles. The van der Waals surface area contributed by atoms with Crippen molar-refractivity contribution in [1.29, 1.82) is 0 Å². The van der Waals surface area contributed by atoms with Gasteiger partial charge in [0.25, 0.3) is 0 Å². The second-order valence-electron chi connectivity index (χ2n) is 14.4. The zero-order valence-corrected chi connectivity index (χ0v) is 30.4. The van der Waals surface area contributed by atoms with Crippen molar-refractivity contribution in [3.63, 3.8) is 0 Å². The van der Waals surface area contributed by atoms with Crippen LogP contribution in [-0.4, -0.2) is 19.5 Å². The van der Waals surface area contributed by atoms with E-state index in [1.54, 1.807) is 0 Å². The zero-order chi connectivity index (χ0) is 37.5. The summed E-state index contributed by atoms with van der Waals surface area (Å²) in [7, 11) is 0. The lowest BCUT2D eigenvalue weighted by atomic mass is 10.0. The fourth-order valence-corrected chi connectivity index (χ4v) is 8.42. The Morgan fingerprint density at radius 3 is 1.82 bits per heavy atom. The maximum atomic E-state index is 6.78. The van der Waals surface area contributed by atoms with Crippen molar-refractivity contribution in [3.05, 3.63) is 182 Å². The molecule has 0 N–H and O–H groups in total. The highest BCUT2D eigenvalue weighted by atomic mass is 16.3. The number of rotatable bonds is 5. The summed E-state index contributed by atoms with van der Waals surface area (Å²) >= 11 is 0. The van der Waals surface area contributed by atoms with Gasteiger partial charge in [-0.15, -0.1) is 0 Å². The van der Waals surface area contributed by atoms with Gasteiger partial charge in [-0.3, -0.25) is 0 Å². The molecule has 0 aliphatic heterocycles. The molecule has 0 spiro atoms. The molecule has 0 saturated heterocycles. The van der Waals surface area contributed by atoms with Gasteiger partial charge in [-0.1, -0.05) is 127 Å². The van der Waals surface area contributed by atoms with Gasteiger partial charge >= 0.3 is 0 Å². The van der Waals surface area contributed by atoms with Gasteiger partial charge in [-0.05, 0) is 65.7 Å². The number of furan rings is 2. The van der Waals surface area contributed by atoms with Crippen molar-refractivity contribution >= 4 is 65.7 Å². The minimum absolute atomic E-state index is 0.572. The Hall–Kier alpha value is -7.83. The van der Waals surface area contributed by atoms with Gasteiger partial charge in [-0.2, -0.15) is 0 Å². The highest BCUT2D eigenvalue weighted by molar-refractivity contribution is 6.21. The molecule has 4 heterocycles. The molecule has 57 heavy (non-hydrogen) atoms. The first kappa shape index (κ1) is 31.5. The van der Waals surface area contributed by atoms with Crippen LogP contribution in [0.5, 0.6) is 0 Å². The van der Waals surface area contributed by atoms with E-state index in [1.165, 1.54) is 5.39 Å². The largest absolute Gasteiger partial charge is 0.456 e. The first-order valence-corrected chi connectivity index (χ1v) is 19.0. The van der Waals surface area contributed by atoms with Crippen LogP contribution in [0.25, 0.3) is 117 Å². The molecule has 8 aromatic carbocycles. The minimum atomic E-state index is 0.572. The maximum Gasteiger partial charge on any atom is 0.164 e. The van der Waals surface area contributed by atoms with Crippen LogP contribution in [0.15, 0.2) is 191 Å². The second kappa shape index (κ2) is 12.3. The molecular weight excluding hydrogens is 701 g/mol. The molecular formula is C51H30N4O2. The lowest BCUT2D eigenvalue weighted by Crippen LogP contribution is -2.00. The highest BCUT2D eigenvalue weighted by Gasteiger charge is 2.21. The normalized spacial score (nSPS) is 11.9. The number of fused-ring (bicyclic) bond motifs is 10. The van der Waals surface area contributed by atoms with E-state index in [2.05, 4.69) is 132 Å². The van der Waals surface area contributed by atoms with Crippen LogP contribution >= 0.6 is 0 Å². The SMILES string of the molecule is c1ccc(-c2ccc(-c3nc(-c4ccc5oc6c(ccc7c8ccccc8n(-c8ccccc8)c76)c5c4)nc(-c4cccc5oc6ccccc6c45)n3)cc2)cc1. The van der Waals surface area contributed by atoms with Gasteiger partial charge < -0.3 is 13.4 Å². The van der Waals surface area contributed by atoms with E-state index in [0.717, 1.165) is 93.8 Å². The third kappa shape index (κ3) is 4.94. The van der Waals surface area contributed by atoms with Crippen LogP contribution < -0.4 is 0 Å². The number of hydrogen-bond acceptors (Lipinski definition) is 5. The summed E-state index contributed by atoms with van der Waals surface area (Å²) in [6.07, 6.45) is 0. The molecule has 0 saturated carbocycles. The molecule has 0 amide bonds. The molecule has 0 bridgehead atoms. The predicted octanol–water partition coefficient (Wildman–Crippen LogP) is 13.4. The summed E-state index contributed by atoms with van der Waals surface area (Å²) in [5, 5.41) is 6.34. The summed E-state index contributed by atoms with van der Waals surface area (Å²) in [6, 6.07) is 62.6. The van der Waals surface area contributed by atoms with Gasteiger partial charge in [0.15, 0.2) is 23.1 Å². The lowest BCUT2D eigenvalue weighted by Gasteiger charge is -2.10. The number of nitrogens with zero attached hydrogens (tertiary/aromatic N) is 4. The zero-order valence-electron chi connectivity index (χ0n) is 30.4. The molecule has 12 aromatic rings. The molecule has 4 aromatic heterocycles. The maximum absolute atomic E-state index is 6.78. The summed E-state index contributed by atoms with van der Waals surface area (Å²) in [6.45, 7) is 0. The fraction of sp³-hybridized carbons (Fsp3) is 0. The van der Waals surface area contributed by atoms with Crippen LogP contribution in [0.2, 0.25) is 0 Å². The lowest BCUT2D eigenvalue weighted by molar-refractivity contribution is 0.669. The molecule has 0 aliphatic rings. The van der Waals surface area contributed by atoms with E-state index >= 15 is 0 Å². The van der Waals surface area contributed by atoms with Gasteiger partial charge in [0.1, 0.15) is 16.7 Å². The van der Waals surface area contributed by atoms with Crippen molar-refractivity contribution in [2.75, 3.05) is 0 Å². The van der Waals surface area contributed by atoms with Crippen LogP contribution in [-0.2, 0) is 0 Å². The van der Waals surface area contributed by atoms with E-state index < -0.39 is 0 Å². The van der Waals surface area contributed by atoms with E-state index in [9.17, 15) is 0 Å². The molecule has 12 rings (SSSR count). The van der Waals surface area contributed by atoms with Crippen molar-refractivity contribution in [2.45, 2.75) is 0 Å². The van der Waals surface area contributed by atoms with Crippen LogP contribution in [0.4, 0.5) is 0 Å². The number of benzene rings is 8. The van der Waals surface area contributed by atoms with Crippen molar-refractivity contribution in [3.8, 4) is 51.0 Å². The second-order valence-corrected chi connectivity index (χ2v) is 14.4. The summed E-state index contributed by atoms with van der Waals surface area (Å²) < 4.78 is 15.4. The van der Waals surface area contributed by atoms with E-state index in [0.29, 0.717) is 17.5 Å². The molecule has 266 valence electrons. The third-order valence-electron chi connectivity index (χ3n) is 11.1. The Bertz CT molecular complexity index is 3510. The molecule has 0 fully saturated rings. The van der Waals surface area contributed by atoms with Crippen molar-refractivity contribution in [1.82, 2.24) is 19.5 Å². The van der Waals surface area contributed by atoms with Crippen molar-refractivity contribution < 1.29 is 8.83 Å². The van der Waals surface area contributed by atoms with Crippen LogP contribution in [0, 0.1) is 0 Å². The van der Waals surface area contributed by atoms with E-state index in [1.807, 2.05) is 54.6 Å². The Labute approximate surface area is 325 Å².